The second-order valence-electron chi connectivity index (χ2n) is 13.9. The molecule has 51 heavy (non-hydrogen) atoms. The maximum Gasteiger partial charge on any atom is 2.00 e. The van der Waals surface area contributed by atoms with E-state index in [4.69, 9.17) is 18.9 Å². The molecule has 10 nitrogen and oxygen atoms in total. The van der Waals surface area contributed by atoms with E-state index in [2.05, 4.69) is 29.9 Å². The van der Waals surface area contributed by atoms with Crippen molar-refractivity contribution in [1.29, 1.82) is 0 Å². The standard InChI is InChI=1S/2C15H19N3O2.2BF4.Fe/c2*1-14(2)8-19-12(17-14)10-6-5-7-11(16-10)13-18-15(3,4)9-20-13;2*2-1(3,4)5;/h2*5-7H,8-9H2,1-4H3;;;/q;;2*-1;+2. The van der Waals surface area contributed by atoms with Gasteiger partial charge in [0.2, 0.25) is 23.6 Å². The smallest absolute Gasteiger partial charge is 0.474 e. The van der Waals surface area contributed by atoms with Gasteiger partial charge in [-0.2, -0.15) is 0 Å². The molecule has 0 aromatic carbocycles. The molecule has 6 heterocycles. The van der Waals surface area contributed by atoms with Gasteiger partial charge in [-0.15, -0.1) is 0 Å². The van der Waals surface area contributed by atoms with Gasteiger partial charge >= 0.3 is 31.6 Å². The van der Waals surface area contributed by atoms with Gasteiger partial charge in [-0.25, -0.2) is 29.9 Å². The van der Waals surface area contributed by atoms with Gasteiger partial charge in [-0.05, 0) is 79.7 Å². The number of nitrogens with zero attached hydrogens (tertiary/aromatic N) is 6. The zero-order valence-electron chi connectivity index (χ0n) is 29.1. The molecule has 21 heteroatoms. The Labute approximate surface area is 301 Å². The van der Waals surface area contributed by atoms with Crippen LogP contribution in [0.5, 0.6) is 0 Å². The summed E-state index contributed by atoms with van der Waals surface area (Å²) in [5.74, 6) is 2.37. The van der Waals surface area contributed by atoms with E-state index in [1.165, 1.54) is 0 Å². The van der Waals surface area contributed by atoms with E-state index >= 15 is 0 Å². The van der Waals surface area contributed by atoms with Crippen molar-refractivity contribution in [2.24, 2.45) is 20.0 Å². The van der Waals surface area contributed by atoms with E-state index in [9.17, 15) is 34.5 Å². The SMILES string of the molecule is CC1(C)COC(c2cccc(C3=NC(C)(C)CO3)n2)=N1.CC1(C)COC(c2cccc(C3=NC(C)(C)CO3)n2)=N1.F[B-](F)(F)F.F[B-](F)(F)F.[Fe+2]. The number of aromatic nitrogens is 2. The van der Waals surface area contributed by atoms with Crippen molar-refractivity contribution < 1.29 is 70.5 Å². The van der Waals surface area contributed by atoms with Crippen molar-refractivity contribution in [1.82, 2.24) is 9.97 Å². The number of aliphatic imine (C=N–C) groups is 4. The third kappa shape index (κ3) is 15.6. The Hall–Kier alpha value is -3.73. The van der Waals surface area contributed by atoms with Crippen molar-refractivity contribution in [3.8, 4) is 0 Å². The summed E-state index contributed by atoms with van der Waals surface area (Å²) in [5.41, 5.74) is 2.17. The van der Waals surface area contributed by atoms with Crippen molar-refractivity contribution in [2.45, 2.75) is 77.5 Å². The zero-order valence-corrected chi connectivity index (χ0v) is 30.2. The van der Waals surface area contributed by atoms with Crippen LogP contribution in [0, 0.1) is 0 Å². The van der Waals surface area contributed by atoms with Crippen molar-refractivity contribution in [3.63, 3.8) is 0 Å². The molecule has 0 N–H and O–H groups in total. The Morgan fingerprint density at radius 3 is 0.745 bits per heavy atom. The number of hydrogen-bond acceptors (Lipinski definition) is 10. The van der Waals surface area contributed by atoms with Crippen LogP contribution in [0.4, 0.5) is 34.5 Å². The normalized spacial score (nSPS) is 20.2. The Balaban J connectivity index is 0.000000276. The first-order chi connectivity index (χ1) is 22.7. The van der Waals surface area contributed by atoms with Crippen LogP contribution in [-0.2, 0) is 36.0 Å². The molecule has 2 aromatic heterocycles. The van der Waals surface area contributed by atoms with Gasteiger partial charge in [0.15, 0.2) is 0 Å². The first-order valence-electron chi connectivity index (χ1n) is 15.3. The second kappa shape index (κ2) is 16.3. The van der Waals surface area contributed by atoms with Gasteiger partial charge in [0.25, 0.3) is 0 Å². The van der Waals surface area contributed by atoms with Crippen LogP contribution in [0.1, 0.15) is 78.2 Å². The van der Waals surface area contributed by atoms with Crippen molar-refractivity contribution >= 4 is 38.1 Å². The number of hydrogen-bond donors (Lipinski definition) is 0. The first-order valence-corrected chi connectivity index (χ1v) is 15.3. The summed E-state index contributed by atoms with van der Waals surface area (Å²) < 4.78 is 100. The van der Waals surface area contributed by atoms with E-state index in [0.29, 0.717) is 50.0 Å². The van der Waals surface area contributed by atoms with E-state index in [-0.39, 0.29) is 39.2 Å². The summed E-state index contributed by atoms with van der Waals surface area (Å²) in [6.07, 6.45) is 0. The molecule has 2 aromatic rings. The van der Waals surface area contributed by atoms with Crippen LogP contribution in [0.15, 0.2) is 56.4 Å². The average Bonchev–Trinajstić information content (AvgIpc) is 3.72. The fraction of sp³-hybridized carbons (Fsp3) is 0.533. The van der Waals surface area contributed by atoms with Crippen LogP contribution in [-0.4, -0.2) is 96.7 Å². The minimum absolute atomic E-state index is 0. The Morgan fingerprint density at radius 1 is 0.431 bits per heavy atom. The molecule has 0 saturated carbocycles. The van der Waals surface area contributed by atoms with E-state index in [1.807, 2.05) is 91.8 Å². The fourth-order valence-corrected chi connectivity index (χ4v) is 4.21. The van der Waals surface area contributed by atoms with Crippen LogP contribution >= 0.6 is 0 Å². The molecule has 0 radical (unpaired) electrons. The van der Waals surface area contributed by atoms with Gasteiger partial charge in [0.1, 0.15) is 49.2 Å². The molecule has 0 atom stereocenters. The molecular formula is C30H38B2F8FeN6O4. The summed E-state index contributed by atoms with van der Waals surface area (Å²) >= 11 is 0. The maximum absolute atomic E-state index is 9.75. The molecule has 4 aliphatic rings. The minimum Gasteiger partial charge on any atom is -0.474 e. The van der Waals surface area contributed by atoms with Crippen LogP contribution in [0.25, 0.3) is 0 Å². The second-order valence-corrected chi connectivity index (χ2v) is 13.9. The molecule has 0 aliphatic carbocycles. The zero-order chi connectivity index (χ0) is 37.8. The molecule has 4 aliphatic heterocycles. The quantitative estimate of drug-likeness (QED) is 0.245. The maximum atomic E-state index is 9.75. The van der Waals surface area contributed by atoms with Gasteiger partial charge < -0.3 is 53.5 Å². The number of rotatable bonds is 4. The summed E-state index contributed by atoms with van der Waals surface area (Å²) in [5, 5.41) is 0. The van der Waals surface area contributed by atoms with Crippen LogP contribution < -0.4 is 0 Å². The predicted molar refractivity (Wildman–Crippen MR) is 175 cm³/mol. The average molecular weight is 776 g/mol. The van der Waals surface area contributed by atoms with E-state index in [0.717, 1.165) is 22.8 Å². The molecule has 0 saturated heterocycles. The Morgan fingerprint density at radius 2 is 0.608 bits per heavy atom. The largest absolute Gasteiger partial charge is 2.00 e. The monoisotopic (exact) mass is 776 g/mol. The molecule has 282 valence electrons. The predicted octanol–water partition coefficient (Wildman–Crippen LogP) is 6.98. The van der Waals surface area contributed by atoms with Crippen LogP contribution in [0.3, 0.4) is 0 Å². The van der Waals surface area contributed by atoms with Gasteiger partial charge in [-0.3, -0.25) is 0 Å². The number of pyridine rings is 2. The molecule has 0 bridgehead atoms. The molecule has 0 amide bonds. The summed E-state index contributed by atoms with van der Waals surface area (Å²) in [6.45, 7) is 18.6. The van der Waals surface area contributed by atoms with Gasteiger partial charge in [-0.1, -0.05) is 12.1 Å². The van der Waals surface area contributed by atoms with Gasteiger partial charge in [0.05, 0.1) is 22.2 Å². The summed E-state index contributed by atoms with van der Waals surface area (Å²) in [6, 6.07) is 11.4. The third-order valence-corrected chi connectivity index (χ3v) is 6.24. The molecular weight excluding hydrogens is 738 g/mol. The fourth-order valence-electron chi connectivity index (χ4n) is 4.21. The number of halogens is 8. The third-order valence-electron chi connectivity index (χ3n) is 6.24. The molecule has 0 fully saturated rings. The molecule has 6 rings (SSSR count). The van der Waals surface area contributed by atoms with E-state index in [1.54, 1.807) is 0 Å². The van der Waals surface area contributed by atoms with Crippen LogP contribution in [0.2, 0.25) is 0 Å². The topological polar surface area (TPSA) is 112 Å². The van der Waals surface area contributed by atoms with E-state index < -0.39 is 14.5 Å². The minimum atomic E-state index is -6.00. The summed E-state index contributed by atoms with van der Waals surface area (Å²) in [4.78, 5) is 27.3. The van der Waals surface area contributed by atoms with Gasteiger partial charge in [0, 0.05) is 0 Å². The number of ether oxygens (including phenoxy) is 4. The Bertz CT molecular complexity index is 1420. The van der Waals surface area contributed by atoms with Crippen molar-refractivity contribution in [3.05, 3.63) is 59.2 Å². The first kappa shape index (κ1) is 43.4. The molecule has 0 spiro atoms. The Kier molecular flexibility index (Phi) is 13.9. The summed E-state index contributed by atoms with van der Waals surface area (Å²) in [7, 11) is -12.0. The molecule has 0 unspecified atom stereocenters. The van der Waals surface area contributed by atoms with Crippen molar-refractivity contribution in [2.75, 3.05) is 26.4 Å².